The summed E-state index contributed by atoms with van der Waals surface area (Å²) in [5.74, 6) is -0.621. The first-order valence-electron chi connectivity index (χ1n) is 13.6. The van der Waals surface area contributed by atoms with Gasteiger partial charge in [0.1, 0.15) is 5.66 Å². The van der Waals surface area contributed by atoms with Gasteiger partial charge in [-0.05, 0) is 79.9 Å². The van der Waals surface area contributed by atoms with Crippen molar-refractivity contribution in [3.8, 4) is 0 Å². The zero-order chi connectivity index (χ0) is 27.6. The molecule has 1 heterocycles. The van der Waals surface area contributed by atoms with E-state index in [2.05, 4.69) is 51.8 Å². The van der Waals surface area contributed by atoms with Crippen molar-refractivity contribution < 1.29 is 19.5 Å². The summed E-state index contributed by atoms with van der Waals surface area (Å²) in [5.41, 5.74) is 1.91. The normalized spacial score (nSPS) is 23.2. The molecule has 0 saturated heterocycles. The van der Waals surface area contributed by atoms with Gasteiger partial charge in [0, 0.05) is 12.1 Å². The molecule has 1 atom stereocenters. The molecule has 1 aliphatic carbocycles. The fraction of sp³-hybridized carbons (Fsp3) is 0.667. The number of benzene rings is 1. The van der Waals surface area contributed by atoms with E-state index in [-0.39, 0.29) is 41.7 Å². The van der Waals surface area contributed by atoms with Crippen LogP contribution in [0.5, 0.6) is 0 Å². The molecule has 1 spiro atoms. The van der Waals surface area contributed by atoms with Crippen molar-refractivity contribution in [1.29, 1.82) is 0 Å². The third kappa shape index (κ3) is 6.99. The first-order valence-corrected chi connectivity index (χ1v) is 13.6. The number of nitrogens with one attached hydrogen (secondary N) is 1. The molecule has 1 saturated carbocycles. The molecule has 0 aromatic heterocycles. The van der Waals surface area contributed by atoms with E-state index in [1.165, 1.54) is 0 Å². The van der Waals surface area contributed by atoms with Gasteiger partial charge < -0.3 is 15.3 Å². The molecular formula is C30H45N3O4. The van der Waals surface area contributed by atoms with Crippen LogP contribution >= 0.6 is 0 Å². The van der Waals surface area contributed by atoms with Crippen LogP contribution in [0.1, 0.15) is 115 Å². The SMILES string of the molecule is CC1=NC2(CCC(C(C)(C)C)CC2)N([C@H](CCC(C)(C)C)c2ccc(C(=O)NCCC(=O)O)cc2)C1=O. The number of rotatable bonds is 8. The number of carbonyl (C=O) groups is 3. The van der Waals surface area contributed by atoms with Crippen LogP contribution < -0.4 is 5.32 Å². The van der Waals surface area contributed by atoms with Gasteiger partial charge in [0.05, 0.1) is 18.2 Å². The Bertz CT molecular complexity index is 1020. The average Bonchev–Trinajstić information content (AvgIpc) is 3.02. The monoisotopic (exact) mass is 511 g/mol. The Balaban J connectivity index is 1.89. The van der Waals surface area contributed by atoms with Crippen molar-refractivity contribution in [3.63, 3.8) is 0 Å². The molecular weight excluding hydrogens is 466 g/mol. The van der Waals surface area contributed by atoms with E-state index in [1.54, 1.807) is 12.1 Å². The third-order valence-electron chi connectivity index (χ3n) is 8.03. The van der Waals surface area contributed by atoms with Crippen LogP contribution in [-0.2, 0) is 9.59 Å². The average molecular weight is 512 g/mol. The molecule has 0 unspecified atom stereocenters. The minimum atomic E-state index is -0.949. The Hall–Kier alpha value is -2.70. The number of hydrogen-bond acceptors (Lipinski definition) is 4. The van der Waals surface area contributed by atoms with E-state index in [0.717, 1.165) is 44.1 Å². The number of carbonyl (C=O) groups excluding carboxylic acids is 2. The van der Waals surface area contributed by atoms with Crippen molar-refractivity contribution in [2.45, 2.75) is 105 Å². The van der Waals surface area contributed by atoms with Crippen molar-refractivity contribution in [1.82, 2.24) is 10.2 Å². The summed E-state index contributed by atoms with van der Waals surface area (Å²) in [7, 11) is 0. The summed E-state index contributed by atoms with van der Waals surface area (Å²) in [5, 5.41) is 11.5. The lowest BCUT2D eigenvalue weighted by molar-refractivity contribution is -0.137. The number of aliphatic imine (C=N–C) groups is 1. The number of carboxylic acid groups (broad SMARTS) is 1. The molecule has 1 aromatic carbocycles. The first-order chi connectivity index (χ1) is 17.1. The lowest BCUT2D eigenvalue weighted by atomic mass is 9.69. The van der Waals surface area contributed by atoms with Gasteiger partial charge in [0.2, 0.25) is 0 Å². The van der Waals surface area contributed by atoms with Crippen LogP contribution in [-0.4, -0.2) is 45.7 Å². The van der Waals surface area contributed by atoms with Crippen LogP contribution in [0, 0.1) is 16.7 Å². The Morgan fingerprint density at radius 2 is 1.70 bits per heavy atom. The van der Waals surface area contributed by atoms with Gasteiger partial charge in [0.25, 0.3) is 11.8 Å². The van der Waals surface area contributed by atoms with E-state index >= 15 is 0 Å². The van der Waals surface area contributed by atoms with Crippen LogP contribution in [0.3, 0.4) is 0 Å². The Kier molecular flexibility index (Phi) is 8.55. The minimum Gasteiger partial charge on any atom is -0.481 e. The van der Waals surface area contributed by atoms with Crippen molar-refractivity contribution in [2.75, 3.05) is 6.54 Å². The van der Waals surface area contributed by atoms with Gasteiger partial charge in [-0.3, -0.25) is 19.4 Å². The summed E-state index contributed by atoms with van der Waals surface area (Å²) < 4.78 is 0. The zero-order valence-corrected chi connectivity index (χ0v) is 23.7. The Labute approximate surface area is 222 Å². The summed E-state index contributed by atoms with van der Waals surface area (Å²) in [6, 6.07) is 7.28. The topological polar surface area (TPSA) is 99.1 Å². The molecule has 1 fully saturated rings. The van der Waals surface area contributed by atoms with Crippen LogP contribution in [0.2, 0.25) is 0 Å². The zero-order valence-electron chi connectivity index (χ0n) is 23.7. The minimum absolute atomic E-state index is 0.0172. The standard InChI is InChI=1S/C30H45N3O4/c1-20-27(37)33(30(32-20)17-12-23(13-18-30)29(5,6)7)24(14-16-28(2,3)4)21-8-10-22(11-9-21)26(36)31-19-15-25(34)35/h8-11,23-24H,12-19H2,1-7H3,(H,31,36)(H,34,35)/t23?,24-,30?/m1/s1. The molecule has 7 heteroatoms. The molecule has 0 bridgehead atoms. The Morgan fingerprint density at radius 3 is 2.22 bits per heavy atom. The summed E-state index contributed by atoms with van der Waals surface area (Å²) in [4.78, 5) is 43.9. The smallest absolute Gasteiger partial charge is 0.305 e. The van der Waals surface area contributed by atoms with Gasteiger partial charge in [-0.25, -0.2) is 0 Å². The first kappa shape index (κ1) is 28.9. The van der Waals surface area contributed by atoms with E-state index in [4.69, 9.17) is 10.1 Å². The highest BCUT2D eigenvalue weighted by Gasteiger charge is 2.51. The van der Waals surface area contributed by atoms with Gasteiger partial charge in [-0.2, -0.15) is 0 Å². The molecule has 1 aromatic rings. The molecule has 0 radical (unpaired) electrons. The highest BCUT2D eigenvalue weighted by molar-refractivity contribution is 6.39. The van der Waals surface area contributed by atoms with Crippen LogP contribution in [0.4, 0.5) is 0 Å². The Morgan fingerprint density at radius 1 is 1.11 bits per heavy atom. The number of hydrogen-bond donors (Lipinski definition) is 2. The number of nitrogens with zero attached hydrogens (tertiary/aromatic N) is 2. The number of carboxylic acids is 1. The van der Waals surface area contributed by atoms with Crippen molar-refractivity contribution >= 4 is 23.5 Å². The highest BCUT2D eigenvalue weighted by atomic mass is 16.4. The lowest BCUT2D eigenvalue weighted by Crippen LogP contribution is -2.51. The second kappa shape index (κ2) is 11.0. The third-order valence-corrected chi connectivity index (χ3v) is 8.03. The van der Waals surface area contributed by atoms with Crippen LogP contribution in [0.25, 0.3) is 0 Å². The van der Waals surface area contributed by atoms with Gasteiger partial charge >= 0.3 is 5.97 Å². The molecule has 7 nitrogen and oxygen atoms in total. The molecule has 2 aliphatic rings. The number of aliphatic carboxylic acids is 1. The lowest BCUT2D eigenvalue weighted by Gasteiger charge is -2.48. The fourth-order valence-electron chi connectivity index (χ4n) is 5.76. The van der Waals surface area contributed by atoms with Crippen molar-refractivity contribution in [2.24, 2.45) is 21.7 Å². The molecule has 1 aliphatic heterocycles. The van der Waals surface area contributed by atoms with E-state index in [9.17, 15) is 14.4 Å². The van der Waals surface area contributed by atoms with Crippen LogP contribution in [0.15, 0.2) is 29.3 Å². The predicted molar refractivity (Wildman–Crippen MR) is 147 cm³/mol. The second-order valence-electron chi connectivity index (χ2n) is 13.1. The molecule has 2 amide bonds. The second-order valence-corrected chi connectivity index (χ2v) is 13.1. The molecule has 2 N–H and O–H groups in total. The number of amides is 2. The molecule has 204 valence electrons. The fourth-order valence-corrected chi connectivity index (χ4v) is 5.76. The van der Waals surface area contributed by atoms with Crippen molar-refractivity contribution in [3.05, 3.63) is 35.4 Å². The largest absolute Gasteiger partial charge is 0.481 e. The molecule has 3 rings (SSSR count). The van der Waals surface area contributed by atoms with E-state index < -0.39 is 11.6 Å². The predicted octanol–water partition coefficient (Wildman–Crippen LogP) is 5.99. The van der Waals surface area contributed by atoms with E-state index in [1.807, 2.05) is 19.1 Å². The summed E-state index contributed by atoms with van der Waals surface area (Å²) in [6.45, 7) is 15.5. The highest BCUT2D eigenvalue weighted by Crippen LogP contribution is 2.49. The van der Waals surface area contributed by atoms with Gasteiger partial charge in [0.15, 0.2) is 0 Å². The summed E-state index contributed by atoms with van der Waals surface area (Å²) >= 11 is 0. The maximum absolute atomic E-state index is 13.6. The quantitative estimate of drug-likeness (QED) is 0.447. The maximum Gasteiger partial charge on any atom is 0.305 e. The summed E-state index contributed by atoms with van der Waals surface area (Å²) in [6.07, 6.45) is 5.47. The van der Waals surface area contributed by atoms with Gasteiger partial charge in [-0.15, -0.1) is 0 Å². The molecule has 37 heavy (non-hydrogen) atoms. The van der Waals surface area contributed by atoms with E-state index in [0.29, 0.717) is 17.2 Å². The maximum atomic E-state index is 13.6. The van der Waals surface area contributed by atoms with Gasteiger partial charge in [-0.1, -0.05) is 53.7 Å².